The Kier molecular flexibility index (Phi) is 6.42. The lowest BCUT2D eigenvalue weighted by Crippen LogP contribution is -2.49. The van der Waals surface area contributed by atoms with E-state index < -0.39 is 6.04 Å². The van der Waals surface area contributed by atoms with Crippen molar-refractivity contribution in [3.63, 3.8) is 0 Å². The number of nitrogens with one attached hydrogen (secondary N) is 3. The predicted molar refractivity (Wildman–Crippen MR) is 76.0 cm³/mol. The second kappa shape index (κ2) is 8.08. The van der Waals surface area contributed by atoms with Gasteiger partial charge in [-0.3, -0.25) is 9.59 Å². The Bertz CT molecular complexity index is 436. The fraction of sp³-hybridized carbons (Fsp3) is 0.538. The Morgan fingerprint density at radius 3 is 2.40 bits per heavy atom. The van der Waals surface area contributed by atoms with Crippen LogP contribution in [0.2, 0.25) is 0 Å². The lowest BCUT2D eigenvalue weighted by molar-refractivity contribution is -0.129. The van der Waals surface area contributed by atoms with Crippen molar-refractivity contribution in [1.29, 1.82) is 0 Å². The first kappa shape index (κ1) is 15.9. The first-order chi connectivity index (χ1) is 9.50. The Morgan fingerprint density at radius 1 is 1.20 bits per heavy atom. The van der Waals surface area contributed by atoms with Gasteiger partial charge in [0.25, 0.3) is 0 Å². The third-order valence-electron chi connectivity index (χ3n) is 2.58. The molecule has 0 aliphatic carbocycles. The number of aromatic nitrogens is 2. The quantitative estimate of drug-likeness (QED) is 0.618. The van der Waals surface area contributed by atoms with E-state index in [1.165, 1.54) is 6.92 Å². The summed E-state index contributed by atoms with van der Waals surface area (Å²) in [5.41, 5.74) is 0. The summed E-state index contributed by atoms with van der Waals surface area (Å²) >= 11 is 0. The van der Waals surface area contributed by atoms with Crippen LogP contribution in [0, 0.1) is 5.92 Å². The number of carbonyl (C=O) groups is 2. The largest absolute Gasteiger partial charge is 0.353 e. The molecule has 7 heteroatoms. The van der Waals surface area contributed by atoms with Gasteiger partial charge in [0.1, 0.15) is 6.04 Å². The zero-order valence-corrected chi connectivity index (χ0v) is 12.0. The van der Waals surface area contributed by atoms with Gasteiger partial charge in [-0.05, 0) is 12.0 Å². The molecule has 1 rings (SSSR count). The van der Waals surface area contributed by atoms with Crippen LogP contribution in [0.15, 0.2) is 18.5 Å². The topological polar surface area (TPSA) is 96.0 Å². The van der Waals surface area contributed by atoms with Crippen LogP contribution in [-0.2, 0) is 9.59 Å². The molecule has 0 fully saturated rings. The molecule has 0 saturated carbocycles. The van der Waals surface area contributed by atoms with E-state index in [1.807, 2.05) is 13.8 Å². The lowest BCUT2D eigenvalue weighted by Gasteiger charge is -2.20. The molecule has 0 spiro atoms. The van der Waals surface area contributed by atoms with Crippen molar-refractivity contribution in [2.75, 3.05) is 18.4 Å². The molecule has 0 saturated heterocycles. The van der Waals surface area contributed by atoms with Gasteiger partial charge >= 0.3 is 0 Å². The van der Waals surface area contributed by atoms with E-state index in [1.54, 1.807) is 18.5 Å². The molecule has 1 atom stereocenters. The van der Waals surface area contributed by atoms with Gasteiger partial charge in [0.2, 0.25) is 17.8 Å². The molecule has 1 aromatic rings. The summed E-state index contributed by atoms with van der Waals surface area (Å²) < 4.78 is 0. The van der Waals surface area contributed by atoms with Crippen molar-refractivity contribution < 1.29 is 9.59 Å². The van der Waals surface area contributed by atoms with Crippen LogP contribution in [0.4, 0.5) is 5.95 Å². The highest BCUT2D eigenvalue weighted by Crippen LogP contribution is 2.01. The van der Waals surface area contributed by atoms with E-state index in [0.717, 1.165) is 0 Å². The molecule has 0 aliphatic heterocycles. The van der Waals surface area contributed by atoms with Gasteiger partial charge in [-0.15, -0.1) is 0 Å². The van der Waals surface area contributed by atoms with Crippen molar-refractivity contribution in [3.05, 3.63) is 18.5 Å². The molecule has 0 aromatic carbocycles. The normalized spacial score (nSPS) is 11.8. The van der Waals surface area contributed by atoms with Gasteiger partial charge in [-0.1, -0.05) is 13.8 Å². The van der Waals surface area contributed by atoms with Crippen LogP contribution in [0.1, 0.15) is 20.8 Å². The van der Waals surface area contributed by atoms with Crippen molar-refractivity contribution in [2.24, 2.45) is 5.92 Å². The summed E-state index contributed by atoms with van der Waals surface area (Å²) in [5.74, 6) is 0.147. The summed E-state index contributed by atoms with van der Waals surface area (Å²) in [5, 5.41) is 8.39. The van der Waals surface area contributed by atoms with Crippen LogP contribution in [0.5, 0.6) is 0 Å². The fourth-order valence-corrected chi connectivity index (χ4v) is 1.61. The van der Waals surface area contributed by atoms with E-state index >= 15 is 0 Å². The van der Waals surface area contributed by atoms with Gasteiger partial charge in [0.05, 0.1) is 0 Å². The molecule has 7 nitrogen and oxygen atoms in total. The number of anilines is 1. The second-order valence-corrected chi connectivity index (χ2v) is 4.71. The fourth-order valence-electron chi connectivity index (χ4n) is 1.61. The van der Waals surface area contributed by atoms with E-state index in [9.17, 15) is 9.59 Å². The minimum atomic E-state index is -0.513. The molecule has 110 valence electrons. The summed E-state index contributed by atoms with van der Waals surface area (Å²) in [4.78, 5) is 31.0. The minimum absolute atomic E-state index is 0.0318. The summed E-state index contributed by atoms with van der Waals surface area (Å²) in [6, 6.07) is 1.22. The third kappa shape index (κ3) is 5.64. The highest BCUT2D eigenvalue weighted by molar-refractivity contribution is 5.87. The molecule has 0 unspecified atom stereocenters. The van der Waals surface area contributed by atoms with Crippen LogP contribution >= 0.6 is 0 Å². The highest BCUT2D eigenvalue weighted by atomic mass is 16.2. The first-order valence-corrected chi connectivity index (χ1v) is 6.56. The number of nitrogens with zero attached hydrogens (tertiary/aromatic N) is 2. The van der Waals surface area contributed by atoms with Crippen molar-refractivity contribution in [3.8, 4) is 0 Å². The second-order valence-electron chi connectivity index (χ2n) is 4.71. The number of carbonyl (C=O) groups excluding carboxylic acids is 2. The Balaban J connectivity index is 2.32. The Labute approximate surface area is 118 Å². The van der Waals surface area contributed by atoms with Crippen LogP contribution in [0.25, 0.3) is 0 Å². The predicted octanol–water partition coefficient (Wildman–Crippen LogP) is 0.165. The SMILES string of the molecule is CC(=O)N[C@H](C(=O)NCCNc1ncccn1)C(C)C. The summed E-state index contributed by atoms with van der Waals surface area (Å²) in [7, 11) is 0. The van der Waals surface area contributed by atoms with Gasteiger partial charge in [-0.2, -0.15) is 0 Å². The van der Waals surface area contributed by atoms with Gasteiger partial charge < -0.3 is 16.0 Å². The summed E-state index contributed by atoms with van der Waals surface area (Å²) in [6.07, 6.45) is 3.28. The maximum Gasteiger partial charge on any atom is 0.242 e. The first-order valence-electron chi connectivity index (χ1n) is 6.56. The molecule has 0 aliphatic rings. The van der Waals surface area contributed by atoms with Crippen LogP contribution < -0.4 is 16.0 Å². The lowest BCUT2D eigenvalue weighted by atomic mass is 10.0. The zero-order valence-electron chi connectivity index (χ0n) is 12.0. The van der Waals surface area contributed by atoms with Crippen LogP contribution in [-0.4, -0.2) is 40.9 Å². The molecule has 2 amide bonds. The molecule has 1 aromatic heterocycles. The van der Waals surface area contributed by atoms with E-state index in [0.29, 0.717) is 19.0 Å². The number of rotatable bonds is 7. The molecule has 0 bridgehead atoms. The Hall–Kier alpha value is -2.18. The molecule has 1 heterocycles. The van der Waals surface area contributed by atoms with Crippen molar-refractivity contribution in [1.82, 2.24) is 20.6 Å². The molecule has 20 heavy (non-hydrogen) atoms. The maximum atomic E-state index is 11.9. The number of hydrogen-bond acceptors (Lipinski definition) is 5. The van der Waals surface area contributed by atoms with E-state index in [4.69, 9.17) is 0 Å². The Morgan fingerprint density at radius 2 is 1.85 bits per heavy atom. The summed E-state index contributed by atoms with van der Waals surface area (Å²) in [6.45, 7) is 6.12. The molecule has 3 N–H and O–H groups in total. The monoisotopic (exact) mass is 279 g/mol. The average Bonchev–Trinajstić information content (AvgIpc) is 2.41. The molecule has 0 radical (unpaired) electrons. The van der Waals surface area contributed by atoms with Crippen molar-refractivity contribution in [2.45, 2.75) is 26.8 Å². The smallest absolute Gasteiger partial charge is 0.242 e. The van der Waals surface area contributed by atoms with Crippen LogP contribution in [0.3, 0.4) is 0 Å². The maximum absolute atomic E-state index is 11.9. The van der Waals surface area contributed by atoms with Gasteiger partial charge in [0.15, 0.2) is 0 Å². The average molecular weight is 279 g/mol. The number of amides is 2. The van der Waals surface area contributed by atoms with E-state index in [2.05, 4.69) is 25.9 Å². The number of hydrogen-bond donors (Lipinski definition) is 3. The molecular weight excluding hydrogens is 258 g/mol. The van der Waals surface area contributed by atoms with Gasteiger partial charge in [-0.25, -0.2) is 9.97 Å². The zero-order chi connectivity index (χ0) is 15.0. The minimum Gasteiger partial charge on any atom is -0.353 e. The highest BCUT2D eigenvalue weighted by Gasteiger charge is 2.22. The van der Waals surface area contributed by atoms with E-state index in [-0.39, 0.29) is 17.7 Å². The van der Waals surface area contributed by atoms with Crippen molar-refractivity contribution >= 4 is 17.8 Å². The molecular formula is C13H21N5O2. The van der Waals surface area contributed by atoms with Gasteiger partial charge in [0, 0.05) is 32.4 Å². The standard InChI is InChI=1S/C13H21N5O2/c1-9(2)11(18-10(3)19)12(20)14-7-8-17-13-15-5-4-6-16-13/h4-6,9,11H,7-8H2,1-3H3,(H,14,20)(H,18,19)(H,15,16,17)/t11-/m0/s1. The third-order valence-corrected chi connectivity index (χ3v) is 2.58.